The molecule has 2 rings (SSSR count). The largest absolute Gasteiger partial charge is 0.507 e. The molecule has 1 amide bonds. The van der Waals surface area contributed by atoms with E-state index < -0.39 is 41.4 Å². The summed E-state index contributed by atoms with van der Waals surface area (Å²) in [6, 6.07) is 7.40. The second-order valence-electron chi connectivity index (χ2n) is 8.04. The number of allylic oxidation sites excluding steroid dienone is 2. The van der Waals surface area contributed by atoms with Crippen LogP contribution in [0.15, 0.2) is 57.4 Å². The van der Waals surface area contributed by atoms with Gasteiger partial charge < -0.3 is 14.6 Å². The highest BCUT2D eigenvalue weighted by atomic mass is 19.4. The van der Waals surface area contributed by atoms with Crippen LogP contribution in [0.25, 0.3) is 6.08 Å². The van der Waals surface area contributed by atoms with E-state index in [1.54, 1.807) is 25.1 Å². The van der Waals surface area contributed by atoms with E-state index in [4.69, 9.17) is 9.52 Å². The Labute approximate surface area is 199 Å². The Hall–Kier alpha value is -3.82. The second-order valence-corrected chi connectivity index (χ2v) is 8.04. The van der Waals surface area contributed by atoms with E-state index in [-0.39, 0.29) is 23.7 Å². The van der Waals surface area contributed by atoms with Crippen molar-refractivity contribution in [2.45, 2.75) is 51.6 Å². The van der Waals surface area contributed by atoms with Crippen molar-refractivity contribution >= 4 is 18.0 Å². The first-order valence-corrected chi connectivity index (χ1v) is 10.8. The van der Waals surface area contributed by atoms with Gasteiger partial charge in [-0.1, -0.05) is 37.3 Å². The molecule has 0 fully saturated rings. The van der Waals surface area contributed by atoms with Gasteiger partial charge in [-0.05, 0) is 49.0 Å². The second kappa shape index (κ2) is 12.0. The number of hydrogen-bond acceptors (Lipinski definition) is 5. The zero-order valence-corrected chi connectivity index (χ0v) is 19.2. The fraction of sp³-hybridized carbons (Fsp3) is 0.320. The van der Waals surface area contributed by atoms with Crippen LogP contribution in [0.2, 0.25) is 0 Å². The maximum absolute atomic E-state index is 12.8. The molecule has 188 valence electrons. The van der Waals surface area contributed by atoms with Crippen molar-refractivity contribution in [3.63, 3.8) is 0 Å². The standard InChI is InChI=1S/C25H26F3NO6/c1-15(5-3-4-12-29-24(33)34)20-14-19(30)21(23(32)35-20)22(31)16(2)13-18-8-6-17(7-9-18)10-11-25(26,27)28/h4,6-9,12-15,29-30H,3,5,10-11H2,1-2H3,(H,33,34)/b12-4+,16-13+. The Morgan fingerprint density at radius 2 is 1.86 bits per heavy atom. The summed E-state index contributed by atoms with van der Waals surface area (Å²) in [7, 11) is 0. The maximum Gasteiger partial charge on any atom is 0.408 e. The van der Waals surface area contributed by atoms with Gasteiger partial charge in [0.1, 0.15) is 17.1 Å². The third-order valence-electron chi connectivity index (χ3n) is 5.17. The third-order valence-corrected chi connectivity index (χ3v) is 5.17. The van der Waals surface area contributed by atoms with Gasteiger partial charge >= 0.3 is 17.9 Å². The van der Waals surface area contributed by atoms with Gasteiger partial charge in [0.15, 0.2) is 5.78 Å². The monoisotopic (exact) mass is 493 g/mol. The van der Waals surface area contributed by atoms with Crippen molar-refractivity contribution < 1.29 is 37.4 Å². The molecule has 0 saturated carbocycles. The van der Waals surface area contributed by atoms with Crippen LogP contribution in [0, 0.1) is 0 Å². The molecule has 1 heterocycles. The highest BCUT2D eigenvalue weighted by Gasteiger charge is 2.26. The van der Waals surface area contributed by atoms with Crippen LogP contribution in [0.4, 0.5) is 18.0 Å². The zero-order valence-electron chi connectivity index (χ0n) is 19.2. The first-order valence-electron chi connectivity index (χ1n) is 10.8. The fourth-order valence-electron chi connectivity index (χ4n) is 3.23. The molecule has 10 heteroatoms. The fourth-order valence-corrected chi connectivity index (χ4v) is 3.23. The van der Waals surface area contributed by atoms with Gasteiger partial charge in [0.2, 0.25) is 0 Å². The Morgan fingerprint density at radius 1 is 1.20 bits per heavy atom. The Bertz CT molecular complexity index is 1160. The molecule has 3 N–H and O–H groups in total. The number of hydrogen-bond donors (Lipinski definition) is 3. The first kappa shape index (κ1) is 27.4. The molecule has 35 heavy (non-hydrogen) atoms. The smallest absolute Gasteiger partial charge is 0.408 e. The lowest BCUT2D eigenvalue weighted by Crippen LogP contribution is -2.16. The topological polar surface area (TPSA) is 117 Å². The molecule has 1 atom stereocenters. The summed E-state index contributed by atoms with van der Waals surface area (Å²) in [5.74, 6) is -1.37. The molecule has 1 unspecified atom stereocenters. The number of benzene rings is 1. The van der Waals surface area contributed by atoms with Gasteiger partial charge in [-0.25, -0.2) is 9.59 Å². The Kier molecular flexibility index (Phi) is 9.44. The van der Waals surface area contributed by atoms with Crippen molar-refractivity contribution in [3.05, 3.63) is 81.1 Å². The molecular weight excluding hydrogens is 467 g/mol. The quantitative estimate of drug-likeness (QED) is 0.285. The number of ketones is 1. The summed E-state index contributed by atoms with van der Waals surface area (Å²) in [4.78, 5) is 35.6. The van der Waals surface area contributed by atoms with Crippen LogP contribution in [-0.4, -0.2) is 28.3 Å². The number of carbonyl (C=O) groups is 2. The van der Waals surface area contributed by atoms with Gasteiger partial charge in [-0.3, -0.25) is 10.1 Å². The summed E-state index contributed by atoms with van der Waals surface area (Å²) < 4.78 is 42.3. The molecule has 7 nitrogen and oxygen atoms in total. The predicted molar refractivity (Wildman–Crippen MR) is 123 cm³/mol. The lowest BCUT2D eigenvalue weighted by molar-refractivity contribution is -0.134. The molecule has 0 bridgehead atoms. The first-order chi connectivity index (χ1) is 16.4. The van der Waals surface area contributed by atoms with Crippen LogP contribution >= 0.6 is 0 Å². The Balaban J connectivity index is 2.11. The average molecular weight is 493 g/mol. The summed E-state index contributed by atoms with van der Waals surface area (Å²) in [5.41, 5.74) is -0.323. The number of carbonyl (C=O) groups excluding carboxylic acids is 1. The minimum atomic E-state index is -4.24. The van der Waals surface area contributed by atoms with Gasteiger partial charge in [0.25, 0.3) is 0 Å². The maximum atomic E-state index is 12.8. The minimum Gasteiger partial charge on any atom is -0.507 e. The van der Waals surface area contributed by atoms with Crippen molar-refractivity contribution in [2.24, 2.45) is 0 Å². The molecule has 0 spiro atoms. The third kappa shape index (κ3) is 8.80. The van der Waals surface area contributed by atoms with E-state index in [9.17, 15) is 32.7 Å². The van der Waals surface area contributed by atoms with Crippen molar-refractivity contribution in [1.29, 1.82) is 0 Å². The molecule has 1 aromatic heterocycles. The number of Topliss-reactive ketones (excluding diaryl/α,β-unsaturated/α-hetero) is 1. The van der Waals surface area contributed by atoms with Gasteiger partial charge in [0, 0.05) is 24.6 Å². The number of alkyl halides is 3. The molecule has 0 aliphatic carbocycles. The Morgan fingerprint density at radius 3 is 2.43 bits per heavy atom. The van der Waals surface area contributed by atoms with Crippen LogP contribution in [0.5, 0.6) is 5.75 Å². The van der Waals surface area contributed by atoms with Crippen LogP contribution in [-0.2, 0) is 6.42 Å². The predicted octanol–water partition coefficient (Wildman–Crippen LogP) is 5.79. The minimum absolute atomic E-state index is 0.132. The molecular formula is C25H26F3NO6. The number of rotatable bonds is 10. The van der Waals surface area contributed by atoms with E-state index in [2.05, 4.69) is 5.32 Å². The molecule has 2 aromatic rings. The van der Waals surface area contributed by atoms with Crippen molar-refractivity contribution in [2.75, 3.05) is 0 Å². The summed E-state index contributed by atoms with van der Waals surface area (Å²) in [6.07, 6.45) is -1.21. The normalized spacial score (nSPS) is 13.1. The van der Waals surface area contributed by atoms with E-state index >= 15 is 0 Å². The van der Waals surface area contributed by atoms with Gasteiger partial charge in [-0.2, -0.15) is 13.2 Å². The molecule has 0 aliphatic heterocycles. The summed E-state index contributed by atoms with van der Waals surface area (Å²) in [6.45, 7) is 3.20. The number of amides is 1. The average Bonchev–Trinajstić information content (AvgIpc) is 2.76. The highest BCUT2D eigenvalue weighted by Crippen LogP contribution is 2.26. The van der Waals surface area contributed by atoms with Gasteiger partial charge in [-0.15, -0.1) is 0 Å². The van der Waals surface area contributed by atoms with Crippen molar-refractivity contribution in [1.82, 2.24) is 5.32 Å². The van der Waals surface area contributed by atoms with Crippen LogP contribution in [0.1, 0.15) is 66.3 Å². The van der Waals surface area contributed by atoms with E-state index in [1.165, 1.54) is 37.4 Å². The highest BCUT2D eigenvalue weighted by molar-refractivity contribution is 6.12. The number of halogens is 3. The van der Waals surface area contributed by atoms with Crippen LogP contribution < -0.4 is 10.9 Å². The lowest BCUT2D eigenvalue weighted by Gasteiger charge is -2.11. The van der Waals surface area contributed by atoms with Gasteiger partial charge in [0.05, 0.1) is 0 Å². The van der Waals surface area contributed by atoms with E-state index in [1.807, 2.05) is 0 Å². The molecule has 0 aliphatic rings. The SMILES string of the molecule is C/C(=C\c1ccc(CCC(F)(F)F)cc1)C(=O)c1c(O)cc(C(C)CC/C=C/NC(=O)O)oc1=O. The van der Waals surface area contributed by atoms with E-state index in [0.29, 0.717) is 24.0 Å². The number of aromatic hydroxyl groups is 1. The zero-order chi connectivity index (χ0) is 26.2. The molecule has 1 aromatic carbocycles. The summed E-state index contributed by atoms with van der Waals surface area (Å²) >= 11 is 0. The van der Waals surface area contributed by atoms with Crippen molar-refractivity contribution in [3.8, 4) is 5.75 Å². The lowest BCUT2D eigenvalue weighted by atomic mass is 9.99. The number of aryl methyl sites for hydroxylation is 1. The summed E-state index contributed by atoms with van der Waals surface area (Å²) in [5, 5.41) is 20.9. The number of carboxylic acid groups (broad SMARTS) is 1. The molecule has 0 saturated heterocycles. The van der Waals surface area contributed by atoms with Crippen LogP contribution in [0.3, 0.4) is 0 Å². The van der Waals surface area contributed by atoms with E-state index in [0.717, 1.165) is 0 Å². The number of nitrogens with one attached hydrogen (secondary N) is 1. The molecule has 0 radical (unpaired) electrons.